The van der Waals surface area contributed by atoms with Crippen LogP contribution < -0.4 is 9.21 Å². The van der Waals surface area contributed by atoms with Gasteiger partial charge < -0.3 is 9.64 Å². The van der Waals surface area contributed by atoms with Crippen LogP contribution in [0.25, 0.3) is 0 Å². The maximum atomic E-state index is 13.2. The number of para-hydroxylation sites is 2. The molecule has 3 aromatic rings. The molecule has 0 spiro atoms. The van der Waals surface area contributed by atoms with Gasteiger partial charge in [0.05, 0.1) is 11.3 Å². The maximum absolute atomic E-state index is 13.2. The van der Waals surface area contributed by atoms with E-state index < -0.39 is 28.5 Å². The molecule has 0 fully saturated rings. The molecule has 7 nitrogen and oxygen atoms in total. The van der Waals surface area contributed by atoms with Crippen molar-refractivity contribution in [2.45, 2.75) is 11.8 Å². The van der Waals surface area contributed by atoms with Gasteiger partial charge in [0.2, 0.25) is 0 Å². The lowest BCUT2D eigenvalue weighted by molar-refractivity contribution is -0.121. The SMILES string of the molecule is CCN(C(=O)COC(=O)c1ccccc1S(=O)(=O)N(C)c1ccccc1)c1ccccc1. The second kappa shape index (κ2) is 10.1. The van der Waals surface area contributed by atoms with Crippen LogP contribution >= 0.6 is 0 Å². The summed E-state index contributed by atoms with van der Waals surface area (Å²) in [6.45, 7) is 1.70. The lowest BCUT2D eigenvalue weighted by atomic mass is 10.2. The van der Waals surface area contributed by atoms with Gasteiger partial charge >= 0.3 is 5.97 Å². The molecule has 0 saturated heterocycles. The van der Waals surface area contributed by atoms with Crippen molar-refractivity contribution >= 4 is 33.3 Å². The second-order valence-corrected chi connectivity index (χ2v) is 8.79. The van der Waals surface area contributed by atoms with Gasteiger partial charge in [0.25, 0.3) is 15.9 Å². The van der Waals surface area contributed by atoms with Crippen LogP contribution in [0.5, 0.6) is 0 Å². The van der Waals surface area contributed by atoms with Crippen molar-refractivity contribution in [2.24, 2.45) is 0 Å². The predicted octanol–water partition coefficient (Wildman–Crippen LogP) is 3.72. The highest BCUT2D eigenvalue weighted by Crippen LogP contribution is 2.25. The summed E-state index contributed by atoms with van der Waals surface area (Å²) in [7, 11) is -2.62. The highest BCUT2D eigenvalue weighted by atomic mass is 32.2. The number of carbonyl (C=O) groups excluding carboxylic acids is 2. The molecule has 0 aliphatic carbocycles. The summed E-state index contributed by atoms with van der Waals surface area (Å²) in [6.07, 6.45) is 0. The third kappa shape index (κ3) is 4.97. The summed E-state index contributed by atoms with van der Waals surface area (Å²) < 4.78 is 32.7. The first kappa shape index (κ1) is 23.0. The first-order valence-corrected chi connectivity index (χ1v) is 11.5. The number of rotatable bonds is 8. The summed E-state index contributed by atoms with van der Waals surface area (Å²) >= 11 is 0. The monoisotopic (exact) mass is 452 g/mol. The molecule has 3 aromatic carbocycles. The van der Waals surface area contributed by atoms with Crippen molar-refractivity contribution in [2.75, 3.05) is 29.4 Å². The molecular weight excluding hydrogens is 428 g/mol. The molecule has 0 unspecified atom stereocenters. The van der Waals surface area contributed by atoms with Gasteiger partial charge in [-0.25, -0.2) is 13.2 Å². The quantitative estimate of drug-likeness (QED) is 0.487. The number of likely N-dealkylation sites (N-methyl/N-ethyl adjacent to an activating group) is 1. The van der Waals surface area contributed by atoms with Crippen LogP contribution in [0.4, 0.5) is 11.4 Å². The summed E-state index contributed by atoms with van der Waals surface area (Å²) in [5.74, 6) is -1.29. The van der Waals surface area contributed by atoms with E-state index in [0.29, 0.717) is 17.9 Å². The van der Waals surface area contributed by atoms with Crippen LogP contribution in [-0.2, 0) is 19.6 Å². The van der Waals surface area contributed by atoms with Gasteiger partial charge in [0.1, 0.15) is 4.90 Å². The topological polar surface area (TPSA) is 84.0 Å². The number of nitrogens with zero attached hydrogens (tertiary/aromatic N) is 2. The highest BCUT2D eigenvalue weighted by molar-refractivity contribution is 7.92. The molecule has 0 N–H and O–H groups in total. The molecule has 0 saturated carbocycles. The second-order valence-electron chi connectivity index (χ2n) is 6.85. The van der Waals surface area contributed by atoms with Gasteiger partial charge in [0, 0.05) is 19.3 Å². The largest absolute Gasteiger partial charge is 0.452 e. The number of carbonyl (C=O) groups is 2. The molecule has 0 aromatic heterocycles. The van der Waals surface area contributed by atoms with Gasteiger partial charge in [0.15, 0.2) is 6.61 Å². The van der Waals surface area contributed by atoms with Crippen molar-refractivity contribution in [1.29, 1.82) is 0 Å². The average molecular weight is 453 g/mol. The third-order valence-corrected chi connectivity index (χ3v) is 6.72. The fraction of sp³-hybridized carbons (Fsp3) is 0.167. The van der Waals surface area contributed by atoms with Crippen molar-refractivity contribution < 1.29 is 22.7 Å². The van der Waals surface area contributed by atoms with E-state index in [0.717, 1.165) is 4.31 Å². The van der Waals surface area contributed by atoms with Gasteiger partial charge in [-0.15, -0.1) is 0 Å². The zero-order valence-electron chi connectivity index (χ0n) is 17.8. The van der Waals surface area contributed by atoms with Crippen molar-refractivity contribution in [3.63, 3.8) is 0 Å². The Morgan fingerprint density at radius 2 is 1.34 bits per heavy atom. The van der Waals surface area contributed by atoms with E-state index >= 15 is 0 Å². The summed E-state index contributed by atoms with van der Waals surface area (Å²) in [4.78, 5) is 26.6. The molecule has 8 heteroatoms. The Labute approximate surface area is 187 Å². The van der Waals surface area contributed by atoms with Crippen molar-refractivity contribution in [3.05, 3.63) is 90.5 Å². The molecule has 0 radical (unpaired) electrons. The standard InChI is InChI=1S/C24H24N2O5S/c1-3-26(20-14-8-5-9-15-20)23(27)18-31-24(28)21-16-10-11-17-22(21)32(29,30)25(2)19-12-6-4-7-13-19/h4-17H,3,18H2,1-2H3. The fourth-order valence-electron chi connectivity index (χ4n) is 3.18. The van der Waals surface area contributed by atoms with E-state index in [4.69, 9.17) is 4.74 Å². The predicted molar refractivity (Wildman–Crippen MR) is 123 cm³/mol. The Hall–Kier alpha value is -3.65. The minimum absolute atomic E-state index is 0.133. The molecular formula is C24H24N2O5S. The highest BCUT2D eigenvalue weighted by Gasteiger charge is 2.28. The number of ether oxygens (including phenoxy) is 1. The lowest BCUT2D eigenvalue weighted by Gasteiger charge is -2.22. The zero-order chi connectivity index (χ0) is 23.1. The molecule has 0 atom stereocenters. The van der Waals surface area contributed by atoms with Crippen LogP contribution in [-0.4, -0.2) is 40.5 Å². The first-order chi connectivity index (χ1) is 15.4. The molecule has 0 aliphatic heterocycles. The maximum Gasteiger partial charge on any atom is 0.340 e. The van der Waals surface area contributed by atoms with Crippen LogP contribution in [0.1, 0.15) is 17.3 Å². The van der Waals surface area contributed by atoms with E-state index in [2.05, 4.69) is 0 Å². The van der Waals surface area contributed by atoms with Crippen LogP contribution in [0.15, 0.2) is 89.8 Å². The molecule has 0 heterocycles. The van der Waals surface area contributed by atoms with Crippen molar-refractivity contribution in [3.8, 4) is 0 Å². The average Bonchev–Trinajstić information content (AvgIpc) is 2.83. The van der Waals surface area contributed by atoms with Crippen molar-refractivity contribution in [1.82, 2.24) is 0 Å². The van der Waals surface area contributed by atoms with E-state index in [1.54, 1.807) is 48.5 Å². The van der Waals surface area contributed by atoms with Gasteiger partial charge in [-0.1, -0.05) is 48.5 Å². The number of hydrogen-bond acceptors (Lipinski definition) is 5. The van der Waals surface area contributed by atoms with Crippen LogP contribution in [0, 0.1) is 0 Å². The molecule has 0 aliphatic rings. The summed E-state index contributed by atoms with van der Waals surface area (Å²) in [6, 6.07) is 23.3. The number of esters is 1. The summed E-state index contributed by atoms with van der Waals surface area (Å²) in [5, 5.41) is 0. The van der Waals surface area contributed by atoms with E-state index in [1.807, 2.05) is 25.1 Å². The van der Waals surface area contributed by atoms with Crippen LogP contribution in [0.2, 0.25) is 0 Å². The molecule has 3 rings (SSSR count). The molecule has 32 heavy (non-hydrogen) atoms. The zero-order valence-corrected chi connectivity index (χ0v) is 18.7. The lowest BCUT2D eigenvalue weighted by Crippen LogP contribution is -2.34. The number of sulfonamides is 1. The molecule has 0 bridgehead atoms. The van der Waals surface area contributed by atoms with Crippen LogP contribution in [0.3, 0.4) is 0 Å². The third-order valence-electron chi connectivity index (χ3n) is 4.88. The number of benzene rings is 3. The van der Waals surface area contributed by atoms with E-state index in [9.17, 15) is 18.0 Å². The Morgan fingerprint density at radius 3 is 1.94 bits per heavy atom. The Bertz CT molecular complexity index is 1180. The Morgan fingerprint density at radius 1 is 0.812 bits per heavy atom. The Kier molecular flexibility index (Phi) is 7.27. The fourth-order valence-corrected chi connectivity index (χ4v) is 4.55. The first-order valence-electron chi connectivity index (χ1n) is 10.0. The van der Waals surface area contributed by atoms with Gasteiger partial charge in [-0.2, -0.15) is 0 Å². The molecule has 166 valence electrons. The summed E-state index contributed by atoms with van der Waals surface area (Å²) in [5.41, 5.74) is 1.00. The van der Waals surface area contributed by atoms with Gasteiger partial charge in [-0.05, 0) is 43.3 Å². The van der Waals surface area contributed by atoms with E-state index in [-0.39, 0.29) is 10.5 Å². The normalized spacial score (nSPS) is 10.9. The minimum Gasteiger partial charge on any atom is -0.452 e. The minimum atomic E-state index is -4.03. The van der Waals surface area contributed by atoms with Gasteiger partial charge in [-0.3, -0.25) is 9.10 Å². The Balaban J connectivity index is 1.79. The number of amides is 1. The number of hydrogen-bond donors (Lipinski definition) is 0. The molecule has 1 amide bonds. The number of anilines is 2. The smallest absolute Gasteiger partial charge is 0.340 e. The van der Waals surface area contributed by atoms with E-state index in [1.165, 1.54) is 30.1 Å².